The van der Waals surface area contributed by atoms with Gasteiger partial charge in [0.25, 0.3) is 0 Å². The van der Waals surface area contributed by atoms with Crippen LogP contribution < -0.4 is 11.5 Å². The van der Waals surface area contributed by atoms with E-state index in [0.29, 0.717) is 12.4 Å². The third kappa shape index (κ3) is 2.54. The zero-order valence-corrected chi connectivity index (χ0v) is 12.4. The fraction of sp³-hybridized carbons (Fsp3) is 0.438. The van der Waals surface area contributed by atoms with Crippen LogP contribution in [0.1, 0.15) is 30.2 Å². The highest BCUT2D eigenvalue weighted by molar-refractivity contribution is 5.72. The molecule has 1 aliphatic heterocycles. The molecule has 0 saturated heterocycles. The number of aromatic nitrogens is 1. The Bertz CT molecular complexity index is 622. The SMILES string of the molecule is CCCN1CCc2nc(N)c(CN)c(-c3ccco3)c2C1. The molecule has 5 heteroatoms. The molecule has 1 aliphatic rings. The van der Waals surface area contributed by atoms with Crippen LogP contribution in [0.15, 0.2) is 22.8 Å². The van der Waals surface area contributed by atoms with E-state index in [-0.39, 0.29) is 0 Å². The summed E-state index contributed by atoms with van der Waals surface area (Å²) < 4.78 is 5.62. The number of fused-ring (bicyclic) bond motifs is 1. The molecule has 0 fully saturated rings. The molecule has 0 saturated carbocycles. The van der Waals surface area contributed by atoms with E-state index in [1.165, 1.54) is 5.56 Å². The maximum absolute atomic E-state index is 6.11. The minimum atomic E-state index is 0.371. The number of hydrogen-bond donors (Lipinski definition) is 2. The molecule has 2 aromatic rings. The Kier molecular flexibility index (Phi) is 3.94. The molecule has 0 unspecified atom stereocenters. The second-order valence-electron chi connectivity index (χ2n) is 5.48. The van der Waals surface area contributed by atoms with Crippen molar-refractivity contribution in [2.75, 3.05) is 18.8 Å². The van der Waals surface area contributed by atoms with Crippen LogP contribution >= 0.6 is 0 Å². The minimum absolute atomic E-state index is 0.371. The summed E-state index contributed by atoms with van der Waals surface area (Å²) in [5.41, 5.74) is 16.3. The van der Waals surface area contributed by atoms with Crippen LogP contribution in [-0.2, 0) is 19.5 Å². The Morgan fingerprint density at radius 2 is 2.29 bits per heavy atom. The molecule has 4 N–H and O–H groups in total. The van der Waals surface area contributed by atoms with E-state index in [1.807, 2.05) is 12.1 Å². The molecular formula is C16H22N4O. The summed E-state index contributed by atoms with van der Waals surface area (Å²) in [5.74, 6) is 1.37. The second-order valence-corrected chi connectivity index (χ2v) is 5.48. The van der Waals surface area contributed by atoms with Crippen LogP contribution in [0.2, 0.25) is 0 Å². The lowest BCUT2D eigenvalue weighted by Crippen LogP contribution is -2.32. The predicted molar refractivity (Wildman–Crippen MR) is 83.5 cm³/mol. The second kappa shape index (κ2) is 5.87. The van der Waals surface area contributed by atoms with Gasteiger partial charge in [0.1, 0.15) is 11.6 Å². The minimum Gasteiger partial charge on any atom is -0.464 e. The Labute approximate surface area is 124 Å². The molecule has 0 spiro atoms. The van der Waals surface area contributed by atoms with Crippen molar-refractivity contribution in [2.24, 2.45) is 5.73 Å². The van der Waals surface area contributed by atoms with Crippen molar-refractivity contribution in [3.63, 3.8) is 0 Å². The number of furan rings is 1. The molecule has 0 aliphatic carbocycles. The van der Waals surface area contributed by atoms with Crippen LogP contribution in [0.4, 0.5) is 5.82 Å². The van der Waals surface area contributed by atoms with Gasteiger partial charge in [-0.2, -0.15) is 0 Å². The van der Waals surface area contributed by atoms with Crippen molar-refractivity contribution in [3.8, 4) is 11.3 Å². The van der Waals surface area contributed by atoms with Gasteiger partial charge in [-0.1, -0.05) is 6.92 Å². The molecule has 0 aromatic carbocycles. The summed E-state index contributed by atoms with van der Waals surface area (Å²) in [5, 5.41) is 0. The van der Waals surface area contributed by atoms with Crippen LogP contribution in [0.3, 0.4) is 0 Å². The van der Waals surface area contributed by atoms with E-state index in [9.17, 15) is 0 Å². The van der Waals surface area contributed by atoms with E-state index >= 15 is 0 Å². The average Bonchev–Trinajstić information content (AvgIpc) is 3.00. The van der Waals surface area contributed by atoms with Gasteiger partial charge in [0.15, 0.2) is 0 Å². The molecule has 112 valence electrons. The lowest BCUT2D eigenvalue weighted by molar-refractivity contribution is 0.253. The number of rotatable bonds is 4. The first-order chi connectivity index (χ1) is 10.2. The summed E-state index contributed by atoms with van der Waals surface area (Å²) in [7, 11) is 0. The van der Waals surface area contributed by atoms with E-state index in [4.69, 9.17) is 15.9 Å². The third-order valence-electron chi connectivity index (χ3n) is 4.07. The topological polar surface area (TPSA) is 81.3 Å². The standard InChI is InChI=1S/C16H22N4O/c1-2-6-20-7-5-13-12(10-20)15(14-4-3-8-21-14)11(9-17)16(18)19-13/h3-4,8H,2,5-7,9-10,17H2,1H3,(H2,18,19). The first-order valence-corrected chi connectivity index (χ1v) is 7.51. The highest BCUT2D eigenvalue weighted by Crippen LogP contribution is 2.35. The van der Waals surface area contributed by atoms with Gasteiger partial charge in [-0.3, -0.25) is 4.90 Å². The van der Waals surface area contributed by atoms with Crippen LogP contribution in [0, 0.1) is 0 Å². The molecule has 3 rings (SSSR count). The van der Waals surface area contributed by atoms with Gasteiger partial charge in [-0.05, 0) is 30.7 Å². The van der Waals surface area contributed by atoms with Crippen molar-refractivity contribution < 1.29 is 4.42 Å². The van der Waals surface area contributed by atoms with Gasteiger partial charge >= 0.3 is 0 Å². The van der Waals surface area contributed by atoms with Gasteiger partial charge in [-0.15, -0.1) is 0 Å². The summed E-state index contributed by atoms with van der Waals surface area (Å²) in [6.45, 7) is 5.59. The van der Waals surface area contributed by atoms with Crippen LogP contribution in [-0.4, -0.2) is 23.0 Å². The Morgan fingerprint density at radius 3 is 2.95 bits per heavy atom. The van der Waals surface area contributed by atoms with Crippen molar-refractivity contribution in [1.29, 1.82) is 0 Å². The number of pyridine rings is 1. The lowest BCUT2D eigenvalue weighted by Gasteiger charge is -2.30. The van der Waals surface area contributed by atoms with Gasteiger partial charge in [0.2, 0.25) is 0 Å². The molecule has 0 amide bonds. The first-order valence-electron chi connectivity index (χ1n) is 7.51. The van der Waals surface area contributed by atoms with Crippen molar-refractivity contribution in [3.05, 3.63) is 35.2 Å². The molecule has 0 radical (unpaired) electrons. The monoisotopic (exact) mass is 286 g/mol. The molecule has 2 aromatic heterocycles. The highest BCUT2D eigenvalue weighted by atomic mass is 16.3. The van der Waals surface area contributed by atoms with Crippen molar-refractivity contribution in [1.82, 2.24) is 9.88 Å². The Balaban J connectivity index is 2.14. The van der Waals surface area contributed by atoms with Crippen molar-refractivity contribution >= 4 is 5.82 Å². The number of nitrogen functional groups attached to an aromatic ring is 1. The molecule has 0 atom stereocenters. The van der Waals surface area contributed by atoms with Crippen molar-refractivity contribution in [2.45, 2.75) is 32.9 Å². The number of anilines is 1. The van der Waals surface area contributed by atoms with E-state index < -0.39 is 0 Å². The summed E-state index contributed by atoms with van der Waals surface area (Å²) in [4.78, 5) is 7.03. The average molecular weight is 286 g/mol. The van der Waals surface area contributed by atoms with E-state index in [2.05, 4.69) is 16.8 Å². The molecule has 0 bridgehead atoms. The summed E-state index contributed by atoms with van der Waals surface area (Å²) in [6.07, 6.45) is 3.76. The normalized spacial score (nSPS) is 15.1. The first kappa shape index (κ1) is 14.1. The maximum Gasteiger partial charge on any atom is 0.134 e. The Hall–Kier alpha value is -1.85. The molecule has 5 nitrogen and oxygen atoms in total. The molecule has 3 heterocycles. The van der Waals surface area contributed by atoms with Gasteiger partial charge in [0, 0.05) is 42.9 Å². The highest BCUT2D eigenvalue weighted by Gasteiger charge is 2.25. The number of nitrogens with zero attached hydrogens (tertiary/aromatic N) is 2. The van der Waals surface area contributed by atoms with E-state index in [1.54, 1.807) is 6.26 Å². The van der Waals surface area contributed by atoms with Gasteiger partial charge in [-0.25, -0.2) is 4.98 Å². The fourth-order valence-electron chi connectivity index (χ4n) is 3.11. The van der Waals surface area contributed by atoms with Crippen LogP contribution in [0.5, 0.6) is 0 Å². The van der Waals surface area contributed by atoms with Crippen LogP contribution in [0.25, 0.3) is 11.3 Å². The zero-order chi connectivity index (χ0) is 14.8. The molecular weight excluding hydrogens is 264 g/mol. The predicted octanol–water partition coefficient (Wildman–Crippen LogP) is 2.15. The smallest absolute Gasteiger partial charge is 0.134 e. The van der Waals surface area contributed by atoms with Gasteiger partial charge in [0.05, 0.1) is 6.26 Å². The summed E-state index contributed by atoms with van der Waals surface area (Å²) >= 11 is 0. The third-order valence-corrected chi connectivity index (χ3v) is 4.07. The van der Waals surface area contributed by atoms with E-state index in [0.717, 1.165) is 55.1 Å². The lowest BCUT2D eigenvalue weighted by atomic mass is 9.94. The quantitative estimate of drug-likeness (QED) is 0.900. The number of hydrogen-bond acceptors (Lipinski definition) is 5. The maximum atomic E-state index is 6.11. The zero-order valence-electron chi connectivity index (χ0n) is 12.4. The summed E-state index contributed by atoms with van der Waals surface area (Å²) in [6, 6.07) is 3.86. The Morgan fingerprint density at radius 1 is 1.43 bits per heavy atom. The largest absolute Gasteiger partial charge is 0.464 e. The number of nitrogens with two attached hydrogens (primary N) is 2. The van der Waals surface area contributed by atoms with Gasteiger partial charge < -0.3 is 15.9 Å². The fourth-order valence-corrected chi connectivity index (χ4v) is 3.11. The molecule has 21 heavy (non-hydrogen) atoms.